The fraction of sp³-hybridized carbons (Fsp3) is 0.300. The van der Waals surface area contributed by atoms with Gasteiger partial charge in [0.1, 0.15) is 23.7 Å². The molecule has 1 N–H and O–H groups in total. The van der Waals surface area contributed by atoms with Gasteiger partial charge in [0, 0.05) is 28.4 Å². The maximum Gasteiger partial charge on any atom is 0.336 e. The maximum absolute atomic E-state index is 13.1. The van der Waals surface area contributed by atoms with E-state index in [4.69, 9.17) is 23.4 Å². The van der Waals surface area contributed by atoms with E-state index >= 15 is 0 Å². The highest BCUT2D eigenvalue weighted by Crippen LogP contribution is 2.40. The number of carbonyl (C=O) groups excluding carboxylic acids is 2. The van der Waals surface area contributed by atoms with E-state index in [-0.39, 0.29) is 19.8 Å². The van der Waals surface area contributed by atoms with Crippen LogP contribution in [0.15, 0.2) is 80.3 Å². The normalized spacial score (nSPS) is 13.8. The number of esters is 2. The minimum atomic E-state index is -0.734. The standard InChI is InChI=1S/C30H31NO8/c1-6-36-29(33)26-17(3)31-18(4)27(30(34)37-7-2)28(26)19-9-8-10-22(13-19)38-16-20-14-25(32)39-24-12-11-21(35-5)15-23(20)24/h8-15,28,31H,6-7,16H2,1-5H3. The number of benzene rings is 2. The van der Waals surface area contributed by atoms with Gasteiger partial charge in [0.15, 0.2) is 0 Å². The van der Waals surface area contributed by atoms with Gasteiger partial charge < -0.3 is 28.7 Å². The number of fused-ring (bicyclic) bond motifs is 1. The number of dihydropyridines is 1. The van der Waals surface area contributed by atoms with Gasteiger partial charge in [-0.3, -0.25) is 0 Å². The number of hydrogen-bond donors (Lipinski definition) is 1. The van der Waals surface area contributed by atoms with Crippen LogP contribution in [-0.4, -0.2) is 32.3 Å². The molecular formula is C30H31NO8. The highest BCUT2D eigenvalue weighted by atomic mass is 16.5. The lowest BCUT2D eigenvalue weighted by Crippen LogP contribution is -2.32. The van der Waals surface area contributed by atoms with Gasteiger partial charge in [0.25, 0.3) is 0 Å². The van der Waals surface area contributed by atoms with Gasteiger partial charge in [-0.2, -0.15) is 0 Å². The summed E-state index contributed by atoms with van der Waals surface area (Å²) in [6.45, 7) is 7.44. The molecule has 39 heavy (non-hydrogen) atoms. The zero-order valence-electron chi connectivity index (χ0n) is 22.6. The average Bonchev–Trinajstić information content (AvgIpc) is 2.91. The molecule has 2 aromatic carbocycles. The minimum Gasteiger partial charge on any atom is -0.497 e. The second-order valence-corrected chi connectivity index (χ2v) is 8.89. The SMILES string of the molecule is CCOC(=O)C1=C(C)NC(C)=C(C(=O)OCC)C1c1cccc(OCc2cc(=O)oc3ccc(OC)cc23)c1. The van der Waals surface area contributed by atoms with E-state index in [2.05, 4.69) is 5.32 Å². The lowest BCUT2D eigenvalue weighted by atomic mass is 9.80. The average molecular weight is 534 g/mol. The van der Waals surface area contributed by atoms with Gasteiger partial charge in [-0.25, -0.2) is 14.4 Å². The van der Waals surface area contributed by atoms with Crippen molar-refractivity contribution in [1.29, 1.82) is 0 Å². The third kappa shape index (κ3) is 5.82. The molecule has 0 aliphatic carbocycles. The molecule has 204 valence electrons. The van der Waals surface area contributed by atoms with Crippen molar-refractivity contribution in [2.45, 2.75) is 40.2 Å². The summed E-state index contributed by atoms with van der Waals surface area (Å²) in [6, 6.07) is 13.7. The summed E-state index contributed by atoms with van der Waals surface area (Å²) in [7, 11) is 1.56. The molecule has 0 amide bonds. The fourth-order valence-corrected chi connectivity index (χ4v) is 4.68. The number of nitrogens with one attached hydrogen (secondary N) is 1. The van der Waals surface area contributed by atoms with Crippen LogP contribution in [0.25, 0.3) is 11.0 Å². The molecule has 1 aliphatic rings. The molecule has 0 radical (unpaired) electrons. The van der Waals surface area contributed by atoms with Gasteiger partial charge in [-0.15, -0.1) is 0 Å². The van der Waals surface area contributed by atoms with Crippen LogP contribution in [0.3, 0.4) is 0 Å². The van der Waals surface area contributed by atoms with E-state index in [1.807, 2.05) is 6.07 Å². The monoisotopic (exact) mass is 533 g/mol. The number of allylic oxidation sites excluding steroid dienone is 2. The molecule has 0 unspecified atom stereocenters. The van der Waals surface area contributed by atoms with Crippen molar-refractivity contribution in [3.8, 4) is 11.5 Å². The smallest absolute Gasteiger partial charge is 0.336 e. The van der Waals surface area contributed by atoms with Crippen LogP contribution in [0.5, 0.6) is 11.5 Å². The second kappa shape index (κ2) is 11.9. The summed E-state index contributed by atoms with van der Waals surface area (Å²) in [5.41, 5.74) is 3.02. The lowest BCUT2D eigenvalue weighted by molar-refractivity contribution is -0.139. The van der Waals surface area contributed by atoms with E-state index in [0.717, 1.165) is 0 Å². The van der Waals surface area contributed by atoms with Crippen molar-refractivity contribution in [1.82, 2.24) is 5.32 Å². The Bertz CT molecular complexity index is 1490. The first-order valence-corrected chi connectivity index (χ1v) is 12.6. The quantitative estimate of drug-likeness (QED) is 0.308. The molecule has 0 saturated heterocycles. The van der Waals surface area contributed by atoms with Crippen molar-refractivity contribution in [3.05, 3.63) is 92.6 Å². The Kier molecular flexibility index (Phi) is 8.39. The van der Waals surface area contributed by atoms with Crippen molar-refractivity contribution >= 4 is 22.9 Å². The molecule has 9 nitrogen and oxygen atoms in total. The van der Waals surface area contributed by atoms with Crippen LogP contribution in [-0.2, 0) is 25.7 Å². The van der Waals surface area contributed by atoms with Crippen LogP contribution in [0, 0.1) is 0 Å². The molecule has 0 spiro atoms. The van der Waals surface area contributed by atoms with E-state index in [1.54, 1.807) is 71.2 Å². The molecule has 4 rings (SSSR count). The molecular weight excluding hydrogens is 502 g/mol. The van der Waals surface area contributed by atoms with Crippen molar-refractivity contribution < 1.29 is 33.0 Å². The first-order valence-electron chi connectivity index (χ1n) is 12.6. The first kappa shape index (κ1) is 27.5. The highest BCUT2D eigenvalue weighted by Gasteiger charge is 2.38. The number of methoxy groups -OCH3 is 1. The van der Waals surface area contributed by atoms with E-state index in [0.29, 0.717) is 56.1 Å². The van der Waals surface area contributed by atoms with Crippen LogP contribution >= 0.6 is 0 Å². The molecule has 0 saturated carbocycles. The largest absolute Gasteiger partial charge is 0.497 e. The molecule has 1 aliphatic heterocycles. The summed E-state index contributed by atoms with van der Waals surface area (Å²) in [6.07, 6.45) is 0. The molecule has 3 aromatic rings. The number of ether oxygens (including phenoxy) is 4. The van der Waals surface area contributed by atoms with Gasteiger partial charge in [0.05, 0.1) is 37.4 Å². The molecule has 0 atom stereocenters. The lowest BCUT2D eigenvalue weighted by Gasteiger charge is -2.30. The Hall–Kier alpha value is -4.53. The Balaban J connectivity index is 1.72. The van der Waals surface area contributed by atoms with E-state index in [1.165, 1.54) is 6.07 Å². The zero-order chi connectivity index (χ0) is 28.1. The summed E-state index contributed by atoms with van der Waals surface area (Å²) in [4.78, 5) is 38.3. The van der Waals surface area contributed by atoms with Gasteiger partial charge in [-0.05, 0) is 63.6 Å². The van der Waals surface area contributed by atoms with Crippen LogP contribution in [0.4, 0.5) is 0 Å². The molecule has 9 heteroatoms. The Labute approximate surface area is 226 Å². The molecule has 1 aromatic heterocycles. The molecule has 0 bridgehead atoms. The Morgan fingerprint density at radius 1 is 0.897 bits per heavy atom. The second-order valence-electron chi connectivity index (χ2n) is 8.89. The Morgan fingerprint density at radius 3 is 2.18 bits per heavy atom. The van der Waals surface area contributed by atoms with E-state index < -0.39 is 23.5 Å². The predicted octanol–water partition coefficient (Wildman–Crippen LogP) is 4.74. The molecule has 0 fully saturated rings. The summed E-state index contributed by atoms with van der Waals surface area (Å²) >= 11 is 0. The first-order chi connectivity index (χ1) is 18.8. The van der Waals surface area contributed by atoms with Crippen molar-refractivity contribution in [2.24, 2.45) is 0 Å². The van der Waals surface area contributed by atoms with Crippen LogP contribution < -0.4 is 20.4 Å². The topological polar surface area (TPSA) is 113 Å². The van der Waals surface area contributed by atoms with E-state index in [9.17, 15) is 14.4 Å². The summed E-state index contributed by atoms with van der Waals surface area (Å²) in [5, 5.41) is 3.82. The summed E-state index contributed by atoms with van der Waals surface area (Å²) < 4.78 is 27.4. The van der Waals surface area contributed by atoms with Gasteiger partial charge >= 0.3 is 17.6 Å². The highest BCUT2D eigenvalue weighted by molar-refractivity contribution is 6.00. The summed E-state index contributed by atoms with van der Waals surface area (Å²) in [5.74, 6) is -0.680. The van der Waals surface area contributed by atoms with Crippen LogP contribution in [0.1, 0.15) is 44.7 Å². The van der Waals surface area contributed by atoms with Gasteiger partial charge in [0.2, 0.25) is 0 Å². The number of rotatable bonds is 9. The Morgan fingerprint density at radius 2 is 1.56 bits per heavy atom. The van der Waals surface area contributed by atoms with Gasteiger partial charge in [-0.1, -0.05) is 12.1 Å². The minimum absolute atomic E-state index is 0.0736. The fourth-order valence-electron chi connectivity index (χ4n) is 4.68. The third-order valence-corrected chi connectivity index (χ3v) is 6.37. The maximum atomic E-state index is 13.1. The third-order valence-electron chi connectivity index (χ3n) is 6.37. The van der Waals surface area contributed by atoms with Crippen molar-refractivity contribution in [3.63, 3.8) is 0 Å². The predicted molar refractivity (Wildman–Crippen MR) is 144 cm³/mol. The zero-order valence-corrected chi connectivity index (χ0v) is 22.6. The number of hydrogen-bond acceptors (Lipinski definition) is 9. The van der Waals surface area contributed by atoms with Crippen molar-refractivity contribution in [2.75, 3.05) is 20.3 Å². The number of carbonyl (C=O) groups is 2. The molecule has 2 heterocycles. The van der Waals surface area contributed by atoms with Crippen LogP contribution in [0.2, 0.25) is 0 Å².